The molecular weight excluding hydrogens is 226 g/mol. The first-order chi connectivity index (χ1) is 7.74. The molecule has 1 aliphatic heterocycles. The van der Waals surface area contributed by atoms with Crippen LogP contribution in [0.4, 0.5) is 0 Å². The van der Waals surface area contributed by atoms with Crippen molar-refractivity contribution in [1.82, 2.24) is 15.4 Å². The molecule has 1 aromatic heterocycles. The number of hydrazine groups is 1. The van der Waals surface area contributed by atoms with Gasteiger partial charge in [-0.15, -0.1) is 0 Å². The van der Waals surface area contributed by atoms with E-state index < -0.39 is 0 Å². The molecule has 0 radical (unpaired) electrons. The number of halogens is 1. The minimum Gasteiger partial charge on any atom is -0.494 e. The highest BCUT2D eigenvalue weighted by molar-refractivity contribution is 6.30. The number of pyridine rings is 1. The number of nitrogens with zero attached hydrogens (tertiary/aromatic N) is 2. The van der Waals surface area contributed by atoms with Gasteiger partial charge in [0.05, 0.1) is 7.11 Å². The Morgan fingerprint density at radius 1 is 1.62 bits per heavy atom. The summed E-state index contributed by atoms with van der Waals surface area (Å²) in [4.78, 5) is 4.15. The molecule has 0 aromatic carbocycles. The summed E-state index contributed by atoms with van der Waals surface area (Å²) in [6.45, 7) is 2.06. The standard InChI is InChI=1S/C11H16ClN3O/c1-13-15-4-3-8(7-15)9-5-10(16-2)11(12)14-6-9/h5-6,8,13H,3-4,7H2,1-2H3/t8-/m1/s1. The highest BCUT2D eigenvalue weighted by Crippen LogP contribution is 2.30. The van der Waals surface area contributed by atoms with E-state index in [2.05, 4.69) is 15.4 Å². The molecule has 0 spiro atoms. The van der Waals surface area contributed by atoms with E-state index in [0.717, 1.165) is 19.5 Å². The number of hydrogen-bond acceptors (Lipinski definition) is 4. The summed E-state index contributed by atoms with van der Waals surface area (Å²) in [6, 6.07) is 1.99. The van der Waals surface area contributed by atoms with Crippen LogP contribution in [0.3, 0.4) is 0 Å². The molecule has 0 amide bonds. The zero-order valence-corrected chi connectivity index (χ0v) is 10.3. The second kappa shape index (κ2) is 4.99. The predicted molar refractivity (Wildman–Crippen MR) is 63.8 cm³/mol. The minimum absolute atomic E-state index is 0.426. The number of rotatable bonds is 3. The van der Waals surface area contributed by atoms with Crippen molar-refractivity contribution >= 4 is 11.6 Å². The fraction of sp³-hybridized carbons (Fsp3) is 0.545. The van der Waals surface area contributed by atoms with Gasteiger partial charge in [-0.1, -0.05) is 11.6 Å². The number of methoxy groups -OCH3 is 1. The molecule has 1 saturated heterocycles. The quantitative estimate of drug-likeness (QED) is 0.817. The molecule has 1 fully saturated rings. The summed E-state index contributed by atoms with van der Waals surface area (Å²) < 4.78 is 5.17. The highest BCUT2D eigenvalue weighted by Gasteiger charge is 2.23. The third kappa shape index (κ3) is 2.29. The smallest absolute Gasteiger partial charge is 0.171 e. The first-order valence-electron chi connectivity index (χ1n) is 5.36. The zero-order valence-electron chi connectivity index (χ0n) is 9.53. The topological polar surface area (TPSA) is 37.4 Å². The Morgan fingerprint density at radius 2 is 2.44 bits per heavy atom. The molecule has 5 heteroatoms. The highest BCUT2D eigenvalue weighted by atomic mass is 35.5. The van der Waals surface area contributed by atoms with Gasteiger partial charge in [-0.05, 0) is 25.1 Å². The van der Waals surface area contributed by atoms with E-state index in [9.17, 15) is 0 Å². The van der Waals surface area contributed by atoms with Crippen LogP contribution in [0, 0.1) is 0 Å². The molecule has 4 nitrogen and oxygen atoms in total. The Hall–Kier alpha value is -0.840. The van der Waals surface area contributed by atoms with Crippen LogP contribution in [0.5, 0.6) is 5.75 Å². The molecule has 88 valence electrons. The van der Waals surface area contributed by atoms with Gasteiger partial charge in [0, 0.05) is 25.2 Å². The van der Waals surface area contributed by atoms with E-state index >= 15 is 0 Å². The van der Waals surface area contributed by atoms with Crippen molar-refractivity contribution in [2.45, 2.75) is 12.3 Å². The number of ether oxygens (including phenoxy) is 1. The molecule has 0 saturated carbocycles. The maximum absolute atomic E-state index is 5.90. The van der Waals surface area contributed by atoms with Crippen molar-refractivity contribution in [3.05, 3.63) is 23.0 Å². The van der Waals surface area contributed by atoms with Gasteiger partial charge in [0.15, 0.2) is 10.9 Å². The molecular formula is C11H16ClN3O. The van der Waals surface area contributed by atoms with E-state index in [4.69, 9.17) is 16.3 Å². The van der Waals surface area contributed by atoms with E-state index in [0.29, 0.717) is 16.8 Å². The maximum atomic E-state index is 5.90. The average Bonchev–Trinajstić information content (AvgIpc) is 2.78. The van der Waals surface area contributed by atoms with Crippen LogP contribution < -0.4 is 10.2 Å². The maximum Gasteiger partial charge on any atom is 0.171 e. The third-order valence-corrected chi connectivity index (χ3v) is 3.31. The van der Waals surface area contributed by atoms with E-state index in [1.807, 2.05) is 19.3 Å². The summed E-state index contributed by atoms with van der Waals surface area (Å²) in [5.41, 5.74) is 4.35. The summed E-state index contributed by atoms with van der Waals surface area (Å²) in [5, 5.41) is 2.63. The largest absolute Gasteiger partial charge is 0.494 e. The Kier molecular flexibility index (Phi) is 3.63. The van der Waals surface area contributed by atoms with Gasteiger partial charge in [-0.25, -0.2) is 9.99 Å². The molecule has 2 rings (SSSR count). The molecule has 1 aromatic rings. The van der Waals surface area contributed by atoms with Gasteiger partial charge in [0.2, 0.25) is 0 Å². The molecule has 1 atom stereocenters. The number of aromatic nitrogens is 1. The molecule has 0 unspecified atom stereocenters. The Balaban J connectivity index is 2.15. The normalized spacial score (nSPS) is 21.3. The van der Waals surface area contributed by atoms with E-state index in [-0.39, 0.29) is 0 Å². The van der Waals surface area contributed by atoms with Crippen molar-refractivity contribution in [1.29, 1.82) is 0 Å². The molecule has 2 heterocycles. The van der Waals surface area contributed by atoms with Gasteiger partial charge in [-0.2, -0.15) is 0 Å². The first-order valence-corrected chi connectivity index (χ1v) is 5.74. The Morgan fingerprint density at radius 3 is 3.06 bits per heavy atom. The number of nitrogens with one attached hydrogen (secondary N) is 1. The lowest BCUT2D eigenvalue weighted by atomic mass is 10.0. The lowest BCUT2D eigenvalue weighted by Crippen LogP contribution is -2.32. The van der Waals surface area contributed by atoms with Crippen molar-refractivity contribution in [2.24, 2.45) is 0 Å². The van der Waals surface area contributed by atoms with Crippen LogP contribution in [0.2, 0.25) is 5.15 Å². The minimum atomic E-state index is 0.426. The lowest BCUT2D eigenvalue weighted by molar-refractivity contribution is 0.258. The van der Waals surface area contributed by atoms with Crippen LogP contribution in [-0.2, 0) is 0 Å². The second-order valence-electron chi connectivity index (χ2n) is 3.92. The Labute approximate surface area is 101 Å². The summed E-state index contributed by atoms with van der Waals surface area (Å²) in [7, 11) is 3.56. The molecule has 1 N–H and O–H groups in total. The third-order valence-electron chi connectivity index (χ3n) is 3.02. The van der Waals surface area contributed by atoms with Crippen molar-refractivity contribution in [3.63, 3.8) is 0 Å². The van der Waals surface area contributed by atoms with Crippen LogP contribution in [0.15, 0.2) is 12.3 Å². The summed E-state index contributed by atoms with van der Waals surface area (Å²) in [6.07, 6.45) is 2.97. The average molecular weight is 242 g/mol. The first kappa shape index (κ1) is 11.6. The molecule has 16 heavy (non-hydrogen) atoms. The van der Waals surface area contributed by atoms with Gasteiger partial charge in [-0.3, -0.25) is 5.43 Å². The molecule has 0 aliphatic carbocycles. The number of hydrogen-bond donors (Lipinski definition) is 1. The van der Waals surface area contributed by atoms with Crippen LogP contribution in [-0.4, -0.2) is 37.2 Å². The van der Waals surface area contributed by atoms with Crippen molar-refractivity contribution in [2.75, 3.05) is 27.2 Å². The summed E-state index contributed by atoms with van der Waals surface area (Å²) >= 11 is 5.90. The van der Waals surface area contributed by atoms with Crippen LogP contribution >= 0.6 is 11.6 Å². The Bertz CT molecular complexity index is 372. The van der Waals surface area contributed by atoms with Crippen molar-refractivity contribution in [3.8, 4) is 5.75 Å². The van der Waals surface area contributed by atoms with Crippen molar-refractivity contribution < 1.29 is 4.74 Å². The van der Waals surface area contributed by atoms with Gasteiger partial charge < -0.3 is 4.74 Å². The van der Waals surface area contributed by atoms with E-state index in [1.165, 1.54) is 5.56 Å². The van der Waals surface area contributed by atoms with E-state index in [1.54, 1.807) is 7.11 Å². The fourth-order valence-electron chi connectivity index (χ4n) is 2.04. The van der Waals surface area contributed by atoms with Crippen LogP contribution in [0.1, 0.15) is 17.9 Å². The predicted octanol–water partition coefficient (Wildman–Crippen LogP) is 1.67. The zero-order chi connectivity index (χ0) is 11.5. The van der Waals surface area contributed by atoms with Gasteiger partial charge >= 0.3 is 0 Å². The lowest BCUT2D eigenvalue weighted by Gasteiger charge is -2.14. The molecule has 0 bridgehead atoms. The van der Waals surface area contributed by atoms with Gasteiger partial charge in [0.1, 0.15) is 0 Å². The fourth-order valence-corrected chi connectivity index (χ4v) is 2.23. The monoisotopic (exact) mass is 241 g/mol. The molecule has 1 aliphatic rings. The van der Waals surface area contributed by atoms with Gasteiger partial charge in [0.25, 0.3) is 0 Å². The second-order valence-corrected chi connectivity index (χ2v) is 4.27. The van der Waals surface area contributed by atoms with Crippen LogP contribution in [0.25, 0.3) is 0 Å². The summed E-state index contributed by atoms with van der Waals surface area (Å²) in [5.74, 6) is 1.16. The SMILES string of the molecule is CNN1CC[C@@H](c2cnc(Cl)c(OC)c2)C1.